The number of hydrogen-bond donors (Lipinski definition) is 0. The highest BCUT2D eigenvalue weighted by Crippen LogP contribution is 2.42. The topological polar surface area (TPSA) is 9.23 Å². The second kappa shape index (κ2) is 12.4. The summed E-state index contributed by atoms with van der Waals surface area (Å²) in [4.78, 5) is 0. The van der Waals surface area contributed by atoms with Gasteiger partial charge in [0, 0.05) is 11.5 Å². The van der Waals surface area contributed by atoms with Crippen molar-refractivity contribution in [2.45, 2.75) is 102 Å². The average molecular weight is 503 g/mol. The molecule has 0 aliphatic heterocycles. The molecule has 2 saturated carbocycles. The Morgan fingerprint density at radius 2 is 1.43 bits per heavy atom. The van der Waals surface area contributed by atoms with Gasteiger partial charge in [-0.15, -0.1) is 0 Å². The lowest BCUT2D eigenvalue weighted by Crippen LogP contribution is -2.45. The molecule has 7 heteroatoms. The highest BCUT2D eigenvalue weighted by Gasteiger charge is 2.59. The maximum Gasteiger partial charge on any atom is 0.439 e. The van der Waals surface area contributed by atoms with Crippen LogP contribution in [0.5, 0.6) is 5.75 Å². The lowest BCUT2D eigenvalue weighted by molar-refractivity contribution is -0.304. The van der Waals surface area contributed by atoms with Crippen LogP contribution in [0.4, 0.5) is 26.3 Å². The normalized spacial score (nSPS) is 26.5. The molecule has 0 radical (unpaired) electrons. The van der Waals surface area contributed by atoms with Gasteiger partial charge in [-0.05, 0) is 80.5 Å². The lowest BCUT2D eigenvalue weighted by atomic mass is 9.69. The number of benzene rings is 1. The Morgan fingerprint density at radius 3 is 1.97 bits per heavy atom. The van der Waals surface area contributed by atoms with Crippen LogP contribution >= 0.6 is 0 Å². The fourth-order valence-electron chi connectivity index (χ4n) is 5.56. The SMILES string of the molecule is CCCCCC1CCC(C2CCC(C#Cc3ccc(OC(F)(F)C(F)C(F)(F)F)cc3)CC2)CC1. The Balaban J connectivity index is 1.43. The van der Waals surface area contributed by atoms with Crippen molar-refractivity contribution in [2.24, 2.45) is 23.7 Å². The van der Waals surface area contributed by atoms with E-state index in [1.54, 1.807) is 0 Å². The molecule has 1 unspecified atom stereocenters. The van der Waals surface area contributed by atoms with Gasteiger partial charge in [-0.1, -0.05) is 57.3 Å². The van der Waals surface area contributed by atoms with E-state index < -0.39 is 24.2 Å². The van der Waals surface area contributed by atoms with Gasteiger partial charge < -0.3 is 4.74 Å². The van der Waals surface area contributed by atoms with Crippen molar-refractivity contribution in [1.29, 1.82) is 0 Å². The first-order chi connectivity index (χ1) is 16.6. The predicted molar refractivity (Wildman–Crippen MR) is 125 cm³/mol. The van der Waals surface area contributed by atoms with Crippen LogP contribution in [0.1, 0.15) is 89.5 Å². The van der Waals surface area contributed by atoms with Crippen molar-refractivity contribution in [3.05, 3.63) is 29.8 Å². The molecule has 0 heterocycles. The summed E-state index contributed by atoms with van der Waals surface area (Å²) in [6, 6.07) is 4.95. The molecule has 1 aromatic carbocycles. The van der Waals surface area contributed by atoms with E-state index in [1.165, 1.54) is 76.3 Å². The van der Waals surface area contributed by atoms with E-state index in [0.717, 1.165) is 42.7 Å². The number of hydrogen-bond acceptors (Lipinski definition) is 1. The molecule has 35 heavy (non-hydrogen) atoms. The van der Waals surface area contributed by atoms with E-state index in [2.05, 4.69) is 23.5 Å². The Hall–Kier alpha value is -1.84. The molecule has 2 aliphatic rings. The fourth-order valence-corrected chi connectivity index (χ4v) is 5.56. The highest BCUT2D eigenvalue weighted by atomic mass is 19.4. The lowest BCUT2D eigenvalue weighted by Gasteiger charge is -2.37. The summed E-state index contributed by atoms with van der Waals surface area (Å²) in [5.41, 5.74) is 0.553. The van der Waals surface area contributed by atoms with E-state index >= 15 is 0 Å². The molecular formula is C28H36F6O. The van der Waals surface area contributed by atoms with Gasteiger partial charge in [-0.3, -0.25) is 0 Å². The van der Waals surface area contributed by atoms with Crippen molar-refractivity contribution >= 4 is 0 Å². The first-order valence-electron chi connectivity index (χ1n) is 13.0. The van der Waals surface area contributed by atoms with Gasteiger partial charge in [0.2, 0.25) is 0 Å². The average Bonchev–Trinajstić information content (AvgIpc) is 2.83. The minimum absolute atomic E-state index is 0.288. The van der Waals surface area contributed by atoms with Crippen LogP contribution in [-0.4, -0.2) is 18.5 Å². The van der Waals surface area contributed by atoms with Crippen LogP contribution in [-0.2, 0) is 0 Å². The molecule has 0 amide bonds. The minimum atomic E-state index is -5.71. The summed E-state index contributed by atoms with van der Waals surface area (Å²) < 4.78 is 80.4. The minimum Gasteiger partial charge on any atom is -0.430 e. The molecular weight excluding hydrogens is 466 g/mol. The van der Waals surface area contributed by atoms with Gasteiger partial charge in [0.25, 0.3) is 6.17 Å². The van der Waals surface area contributed by atoms with Crippen molar-refractivity contribution in [2.75, 3.05) is 0 Å². The van der Waals surface area contributed by atoms with E-state index in [4.69, 9.17) is 0 Å². The molecule has 3 rings (SSSR count). The summed E-state index contributed by atoms with van der Waals surface area (Å²) in [5.74, 6) is 8.58. The van der Waals surface area contributed by atoms with Crippen LogP contribution in [0.25, 0.3) is 0 Å². The van der Waals surface area contributed by atoms with Crippen molar-refractivity contribution in [3.63, 3.8) is 0 Å². The zero-order valence-electron chi connectivity index (χ0n) is 20.4. The number of unbranched alkanes of at least 4 members (excludes halogenated alkanes) is 2. The molecule has 0 aromatic heterocycles. The van der Waals surface area contributed by atoms with E-state index in [0.29, 0.717) is 5.56 Å². The van der Waals surface area contributed by atoms with Crippen molar-refractivity contribution in [1.82, 2.24) is 0 Å². The van der Waals surface area contributed by atoms with Crippen LogP contribution in [0, 0.1) is 35.5 Å². The van der Waals surface area contributed by atoms with E-state index in [-0.39, 0.29) is 5.92 Å². The van der Waals surface area contributed by atoms with E-state index in [9.17, 15) is 26.3 Å². The first-order valence-corrected chi connectivity index (χ1v) is 13.0. The van der Waals surface area contributed by atoms with Crippen molar-refractivity contribution < 1.29 is 31.1 Å². The molecule has 2 fully saturated rings. The maximum absolute atomic E-state index is 13.4. The predicted octanol–water partition coefficient (Wildman–Crippen LogP) is 9.10. The second-order valence-corrected chi connectivity index (χ2v) is 10.3. The molecule has 0 bridgehead atoms. The molecule has 0 N–H and O–H groups in total. The Morgan fingerprint density at radius 1 is 0.857 bits per heavy atom. The standard InChI is InChI=1S/C28H36F6O/c1-2-3-4-5-20-8-14-23(15-9-20)24-16-10-21(11-17-24)6-7-22-12-18-25(19-13-22)35-28(33,34)26(29)27(30,31)32/h12-13,18-21,23-24,26H,2-5,8-11,14-17H2,1H3. The highest BCUT2D eigenvalue weighted by molar-refractivity contribution is 5.38. The monoisotopic (exact) mass is 502 g/mol. The number of halogens is 6. The molecule has 0 saturated heterocycles. The molecule has 0 spiro atoms. The van der Waals surface area contributed by atoms with Crippen LogP contribution in [0.2, 0.25) is 0 Å². The summed E-state index contributed by atoms with van der Waals surface area (Å²) in [6.45, 7) is 2.25. The van der Waals surface area contributed by atoms with Crippen molar-refractivity contribution in [3.8, 4) is 17.6 Å². The second-order valence-electron chi connectivity index (χ2n) is 10.3. The zero-order valence-corrected chi connectivity index (χ0v) is 20.4. The number of alkyl halides is 6. The van der Waals surface area contributed by atoms with Gasteiger partial charge in [0.1, 0.15) is 5.75 Å². The maximum atomic E-state index is 13.4. The summed E-state index contributed by atoms with van der Waals surface area (Å²) in [5, 5.41) is 0. The van der Waals surface area contributed by atoms with Gasteiger partial charge in [0.05, 0.1) is 0 Å². The smallest absolute Gasteiger partial charge is 0.430 e. The van der Waals surface area contributed by atoms with Gasteiger partial charge in [0.15, 0.2) is 0 Å². The third-order valence-electron chi connectivity index (χ3n) is 7.66. The molecule has 1 nitrogen and oxygen atoms in total. The summed E-state index contributed by atoms with van der Waals surface area (Å²) in [7, 11) is 0. The third kappa shape index (κ3) is 8.36. The fraction of sp³-hybridized carbons (Fsp3) is 0.714. The number of ether oxygens (including phenoxy) is 1. The molecule has 1 aromatic rings. The molecule has 196 valence electrons. The molecule has 2 aliphatic carbocycles. The third-order valence-corrected chi connectivity index (χ3v) is 7.66. The Kier molecular flexibility index (Phi) is 9.84. The van der Waals surface area contributed by atoms with Gasteiger partial charge >= 0.3 is 12.3 Å². The van der Waals surface area contributed by atoms with Crippen LogP contribution in [0.15, 0.2) is 24.3 Å². The summed E-state index contributed by atoms with van der Waals surface area (Å²) >= 11 is 0. The van der Waals surface area contributed by atoms with Crippen LogP contribution < -0.4 is 4.74 Å². The zero-order chi connectivity index (χ0) is 25.5. The Bertz CT molecular complexity index is 822. The Labute approximate surface area is 205 Å². The summed E-state index contributed by atoms with van der Waals surface area (Å²) in [6.07, 6.45) is 0.242. The van der Waals surface area contributed by atoms with E-state index in [1.807, 2.05) is 0 Å². The van der Waals surface area contributed by atoms with Crippen LogP contribution in [0.3, 0.4) is 0 Å². The number of rotatable bonds is 8. The van der Waals surface area contributed by atoms with Gasteiger partial charge in [-0.2, -0.15) is 22.0 Å². The molecule has 1 atom stereocenters. The largest absolute Gasteiger partial charge is 0.439 e. The quantitative estimate of drug-likeness (QED) is 0.196. The first kappa shape index (κ1) is 27.7. The van der Waals surface area contributed by atoms with Gasteiger partial charge in [-0.25, -0.2) is 4.39 Å².